The van der Waals surface area contributed by atoms with Crippen molar-refractivity contribution in [3.63, 3.8) is 0 Å². The lowest BCUT2D eigenvalue weighted by atomic mass is 9.88. The quantitative estimate of drug-likeness (QED) is 0.644. The molecule has 0 radical (unpaired) electrons. The lowest BCUT2D eigenvalue weighted by molar-refractivity contribution is -0.0987. The fourth-order valence-electron chi connectivity index (χ4n) is 3.57. The van der Waals surface area contributed by atoms with E-state index < -0.39 is 0 Å². The maximum atomic E-state index is 8.93. The first-order chi connectivity index (χ1) is 16.4. The summed E-state index contributed by atoms with van der Waals surface area (Å²) in [7, 11) is 1.96. The van der Waals surface area contributed by atoms with Gasteiger partial charge in [0.25, 0.3) is 0 Å². The van der Waals surface area contributed by atoms with Gasteiger partial charge in [-0.3, -0.25) is 0 Å². The van der Waals surface area contributed by atoms with Gasteiger partial charge in [-0.25, -0.2) is 0 Å². The Bertz CT molecular complexity index is 894. The van der Waals surface area contributed by atoms with Crippen LogP contribution >= 0.6 is 0 Å². The van der Waals surface area contributed by atoms with E-state index in [-0.39, 0.29) is 0 Å². The number of anilines is 1. The zero-order valence-corrected chi connectivity index (χ0v) is 21.0. The van der Waals surface area contributed by atoms with E-state index in [0.717, 1.165) is 42.9 Å². The van der Waals surface area contributed by atoms with Gasteiger partial charge in [0.1, 0.15) is 13.6 Å². The molecule has 0 unspecified atom stereocenters. The average Bonchev–Trinajstić information content (AvgIpc) is 2.91. The summed E-state index contributed by atoms with van der Waals surface area (Å²) >= 11 is 0. The van der Waals surface area contributed by atoms with Gasteiger partial charge in [-0.2, -0.15) is 5.26 Å². The molecule has 184 valence electrons. The SMILES string of the molecule is C=C(c1ccc(C)c(NC)c1)N1CCC(c2ccc(C#N)cc2)CC1.C=O.C=O.CC(C)CO. The molecule has 0 aliphatic carbocycles. The maximum Gasteiger partial charge on any atom is 0.106 e. The molecule has 0 amide bonds. The van der Waals surface area contributed by atoms with E-state index in [1.165, 1.54) is 16.7 Å². The molecule has 6 heteroatoms. The summed E-state index contributed by atoms with van der Waals surface area (Å²) < 4.78 is 0. The molecule has 1 aliphatic heterocycles. The Morgan fingerprint density at radius 2 is 1.65 bits per heavy atom. The van der Waals surface area contributed by atoms with Crippen LogP contribution in [0, 0.1) is 24.2 Å². The summed E-state index contributed by atoms with van der Waals surface area (Å²) in [6.07, 6.45) is 2.24. The second-order valence-electron chi connectivity index (χ2n) is 8.30. The highest BCUT2D eigenvalue weighted by molar-refractivity contribution is 5.67. The fraction of sp³-hybridized carbons (Fsp3) is 0.393. The van der Waals surface area contributed by atoms with Gasteiger partial charge in [0.2, 0.25) is 0 Å². The summed E-state index contributed by atoms with van der Waals surface area (Å²) in [6, 6.07) is 16.7. The van der Waals surface area contributed by atoms with Crippen LogP contribution in [0.1, 0.15) is 54.9 Å². The molecule has 34 heavy (non-hydrogen) atoms. The standard InChI is InChI=1S/C22H25N3.C4H10O.2CH2O/c1-16-4-7-21(14-22(16)24-3)17(2)25-12-10-20(11-13-25)19-8-5-18(15-23)6-9-19;1-4(2)3-5;2*1-2/h4-9,14,20,24H,2,10-13H2,1,3H3;4-5H,3H2,1-2H3;2*1H2. The van der Waals surface area contributed by atoms with Crippen LogP contribution in [-0.4, -0.2) is 50.3 Å². The van der Waals surface area contributed by atoms with Crippen LogP contribution in [0.25, 0.3) is 5.70 Å². The maximum absolute atomic E-state index is 8.93. The predicted octanol–water partition coefficient (Wildman–Crippen LogP) is 5.02. The van der Waals surface area contributed by atoms with Crippen molar-refractivity contribution in [1.29, 1.82) is 5.26 Å². The van der Waals surface area contributed by atoms with Crippen molar-refractivity contribution < 1.29 is 14.7 Å². The van der Waals surface area contributed by atoms with Crippen molar-refractivity contribution in [2.24, 2.45) is 5.92 Å². The molecule has 0 atom stereocenters. The van der Waals surface area contributed by atoms with Gasteiger partial charge in [-0.1, -0.05) is 44.7 Å². The van der Waals surface area contributed by atoms with E-state index in [0.29, 0.717) is 18.4 Å². The minimum absolute atomic E-state index is 0.306. The minimum Gasteiger partial charge on any atom is -0.396 e. The Morgan fingerprint density at radius 1 is 1.12 bits per heavy atom. The number of piperidine rings is 1. The number of hydrogen-bond acceptors (Lipinski definition) is 6. The van der Waals surface area contributed by atoms with Crippen molar-refractivity contribution in [3.8, 4) is 6.07 Å². The highest BCUT2D eigenvalue weighted by atomic mass is 16.3. The highest BCUT2D eigenvalue weighted by Crippen LogP contribution is 2.32. The number of carbonyl (C=O) groups is 2. The summed E-state index contributed by atoms with van der Waals surface area (Å²) in [6.45, 7) is 16.7. The van der Waals surface area contributed by atoms with Crippen LogP contribution in [0.2, 0.25) is 0 Å². The molecular weight excluding hydrogens is 426 g/mol. The first-order valence-corrected chi connectivity index (χ1v) is 11.3. The van der Waals surface area contributed by atoms with Crippen LogP contribution in [-0.2, 0) is 9.59 Å². The number of benzene rings is 2. The number of nitriles is 1. The molecule has 2 N–H and O–H groups in total. The smallest absolute Gasteiger partial charge is 0.106 e. The third-order valence-electron chi connectivity index (χ3n) is 5.59. The summed E-state index contributed by atoms with van der Waals surface area (Å²) in [5.41, 5.74) is 6.78. The van der Waals surface area contributed by atoms with E-state index in [9.17, 15) is 0 Å². The number of hydrogen-bond donors (Lipinski definition) is 2. The monoisotopic (exact) mass is 465 g/mol. The van der Waals surface area contributed by atoms with Crippen molar-refractivity contribution >= 4 is 25.0 Å². The summed E-state index contributed by atoms with van der Waals surface area (Å²) in [4.78, 5) is 18.4. The highest BCUT2D eigenvalue weighted by Gasteiger charge is 2.22. The molecule has 1 heterocycles. The molecule has 1 aliphatic rings. The zero-order chi connectivity index (χ0) is 26.1. The Labute approximate surface area is 204 Å². The largest absolute Gasteiger partial charge is 0.396 e. The molecular formula is C28H39N3O3. The number of aliphatic hydroxyl groups excluding tert-OH is 1. The zero-order valence-electron chi connectivity index (χ0n) is 21.0. The first-order valence-electron chi connectivity index (χ1n) is 11.3. The van der Waals surface area contributed by atoms with E-state index in [1.54, 1.807) is 0 Å². The van der Waals surface area contributed by atoms with Crippen LogP contribution in [0.4, 0.5) is 5.69 Å². The van der Waals surface area contributed by atoms with Gasteiger partial charge in [-0.05, 0) is 66.5 Å². The third kappa shape index (κ3) is 9.60. The van der Waals surface area contributed by atoms with Crippen LogP contribution in [0.3, 0.4) is 0 Å². The molecule has 0 aromatic heterocycles. The number of carbonyl (C=O) groups excluding carboxylic acids is 2. The molecule has 0 saturated carbocycles. The van der Waals surface area contributed by atoms with Crippen LogP contribution in [0.15, 0.2) is 49.0 Å². The van der Waals surface area contributed by atoms with Gasteiger partial charge in [0.15, 0.2) is 0 Å². The number of aryl methyl sites for hydroxylation is 1. The fourth-order valence-corrected chi connectivity index (χ4v) is 3.57. The summed E-state index contributed by atoms with van der Waals surface area (Å²) in [5.74, 6) is 1.01. The Morgan fingerprint density at radius 3 is 2.09 bits per heavy atom. The average molecular weight is 466 g/mol. The molecule has 0 spiro atoms. The lowest BCUT2D eigenvalue weighted by Crippen LogP contribution is -2.31. The lowest BCUT2D eigenvalue weighted by Gasteiger charge is -2.35. The third-order valence-corrected chi connectivity index (χ3v) is 5.59. The van der Waals surface area contributed by atoms with Gasteiger partial charge in [0, 0.05) is 38.1 Å². The van der Waals surface area contributed by atoms with Crippen molar-refractivity contribution in [1.82, 2.24) is 4.90 Å². The number of nitrogens with zero attached hydrogens (tertiary/aromatic N) is 2. The van der Waals surface area contributed by atoms with E-state index in [2.05, 4.69) is 60.1 Å². The second kappa shape index (κ2) is 17.1. The number of nitrogens with one attached hydrogen (secondary N) is 1. The predicted molar refractivity (Wildman–Crippen MR) is 141 cm³/mol. The molecule has 3 rings (SSSR count). The molecule has 0 bridgehead atoms. The van der Waals surface area contributed by atoms with E-state index in [4.69, 9.17) is 20.0 Å². The Kier molecular flexibility index (Phi) is 15.4. The topological polar surface area (TPSA) is 93.4 Å². The van der Waals surface area contributed by atoms with Crippen LogP contribution in [0.5, 0.6) is 0 Å². The van der Waals surface area contributed by atoms with Gasteiger partial charge in [0.05, 0.1) is 11.6 Å². The molecule has 1 fully saturated rings. The van der Waals surface area contributed by atoms with Gasteiger partial charge >= 0.3 is 0 Å². The molecule has 2 aromatic carbocycles. The Balaban J connectivity index is 0.00000106. The Hall–Kier alpha value is -3.43. The normalized spacial score (nSPS) is 12.6. The van der Waals surface area contributed by atoms with Crippen LogP contribution < -0.4 is 5.32 Å². The minimum atomic E-state index is 0.306. The van der Waals surface area contributed by atoms with Gasteiger partial charge < -0.3 is 24.9 Å². The van der Waals surface area contributed by atoms with E-state index in [1.807, 2.05) is 46.6 Å². The first kappa shape index (κ1) is 30.6. The number of aliphatic hydroxyl groups is 1. The molecule has 6 nitrogen and oxygen atoms in total. The second-order valence-corrected chi connectivity index (χ2v) is 8.30. The van der Waals surface area contributed by atoms with Crippen molar-refractivity contribution in [2.45, 2.75) is 39.5 Å². The van der Waals surface area contributed by atoms with Crippen molar-refractivity contribution in [3.05, 3.63) is 71.3 Å². The van der Waals surface area contributed by atoms with E-state index >= 15 is 0 Å². The summed E-state index contributed by atoms with van der Waals surface area (Å²) in [5, 5.41) is 20.3. The van der Waals surface area contributed by atoms with Crippen molar-refractivity contribution in [2.75, 3.05) is 32.1 Å². The number of likely N-dealkylation sites (tertiary alicyclic amines) is 1. The number of rotatable bonds is 5. The molecule has 1 saturated heterocycles. The van der Waals surface area contributed by atoms with Gasteiger partial charge in [-0.15, -0.1) is 0 Å². The molecule has 2 aromatic rings.